The van der Waals surface area contributed by atoms with Crippen LogP contribution in [-0.4, -0.2) is 40.6 Å². The first-order chi connectivity index (χ1) is 8.00. The summed E-state index contributed by atoms with van der Waals surface area (Å²) in [7, 11) is 0. The predicted molar refractivity (Wildman–Crippen MR) is 67.0 cm³/mol. The van der Waals surface area contributed by atoms with Gasteiger partial charge >= 0.3 is 0 Å². The lowest BCUT2D eigenvalue weighted by Crippen LogP contribution is -2.50. The molecule has 0 fully saturated rings. The van der Waals surface area contributed by atoms with Gasteiger partial charge in [0.15, 0.2) is 0 Å². The maximum atomic E-state index is 9.90. The van der Waals surface area contributed by atoms with Gasteiger partial charge < -0.3 is 20.6 Å². The van der Waals surface area contributed by atoms with E-state index in [0.29, 0.717) is 5.02 Å². The fourth-order valence-electron chi connectivity index (χ4n) is 1.31. The second-order valence-electron chi connectivity index (χ2n) is 4.33. The maximum absolute atomic E-state index is 9.90. The summed E-state index contributed by atoms with van der Waals surface area (Å²) in [6.45, 7) is 1.54. The van der Waals surface area contributed by atoms with Gasteiger partial charge in [0, 0.05) is 11.6 Å². The summed E-state index contributed by atoms with van der Waals surface area (Å²) >= 11 is 5.75. The van der Waals surface area contributed by atoms with Gasteiger partial charge in [-0.1, -0.05) is 23.7 Å². The van der Waals surface area contributed by atoms with Crippen molar-refractivity contribution in [2.24, 2.45) is 0 Å². The third-order valence-corrected chi connectivity index (χ3v) is 2.93. The van der Waals surface area contributed by atoms with Gasteiger partial charge in [-0.15, -0.1) is 0 Å². The van der Waals surface area contributed by atoms with Crippen LogP contribution in [0, 0.1) is 0 Å². The summed E-state index contributed by atoms with van der Waals surface area (Å²) in [4.78, 5) is 0. The number of hydrogen-bond donors (Lipinski definition) is 4. The third kappa shape index (κ3) is 4.26. The summed E-state index contributed by atoms with van der Waals surface area (Å²) in [5.74, 6) is 0. The van der Waals surface area contributed by atoms with Gasteiger partial charge in [0.1, 0.15) is 0 Å². The summed E-state index contributed by atoms with van der Waals surface area (Å²) in [6, 6.07) is 6.89. The molecule has 0 amide bonds. The number of nitrogens with one attached hydrogen (secondary N) is 1. The monoisotopic (exact) mass is 259 g/mol. The van der Waals surface area contributed by atoms with Crippen molar-refractivity contribution in [3.05, 3.63) is 34.9 Å². The molecule has 4 N–H and O–H groups in total. The van der Waals surface area contributed by atoms with E-state index in [2.05, 4.69) is 5.32 Å². The van der Waals surface area contributed by atoms with Crippen molar-refractivity contribution in [3.8, 4) is 0 Å². The van der Waals surface area contributed by atoms with E-state index in [0.717, 1.165) is 5.56 Å². The molecule has 0 heterocycles. The van der Waals surface area contributed by atoms with Crippen molar-refractivity contribution >= 4 is 11.6 Å². The minimum absolute atomic E-state index is 0.198. The molecule has 4 nitrogen and oxygen atoms in total. The van der Waals surface area contributed by atoms with E-state index in [1.165, 1.54) is 0 Å². The van der Waals surface area contributed by atoms with Crippen LogP contribution < -0.4 is 5.32 Å². The zero-order valence-corrected chi connectivity index (χ0v) is 10.5. The molecule has 0 bridgehead atoms. The van der Waals surface area contributed by atoms with Crippen molar-refractivity contribution in [3.63, 3.8) is 0 Å². The number of rotatable bonds is 6. The molecule has 1 rings (SSSR count). The molecular formula is C12H18ClNO3. The van der Waals surface area contributed by atoms with Crippen LogP contribution in [-0.2, 0) is 0 Å². The third-order valence-electron chi connectivity index (χ3n) is 2.67. The number of halogens is 1. The van der Waals surface area contributed by atoms with E-state index in [9.17, 15) is 5.11 Å². The van der Waals surface area contributed by atoms with Gasteiger partial charge in [0.2, 0.25) is 0 Å². The zero-order chi connectivity index (χ0) is 12.9. The van der Waals surface area contributed by atoms with Crippen LogP contribution in [0.4, 0.5) is 0 Å². The van der Waals surface area contributed by atoms with Crippen molar-refractivity contribution in [1.29, 1.82) is 0 Å². The smallest absolute Gasteiger partial charge is 0.0914 e. The van der Waals surface area contributed by atoms with Crippen molar-refractivity contribution in [2.75, 3.05) is 19.8 Å². The van der Waals surface area contributed by atoms with Crippen molar-refractivity contribution in [2.45, 2.75) is 18.6 Å². The van der Waals surface area contributed by atoms with Crippen LogP contribution in [0.5, 0.6) is 0 Å². The Kier molecular flexibility index (Phi) is 5.36. The average molecular weight is 260 g/mol. The molecular weight excluding hydrogens is 242 g/mol. The molecule has 1 unspecified atom stereocenters. The number of hydrogen-bond acceptors (Lipinski definition) is 4. The molecule has 0 spiro atoms. The minimum atomic E-state index is -0.784. The number of benzene rings is 1. The molecule has 0 aliphatic carbocycles. The van der Waals surface area contributed by atoms with Gasteiger partial charge in [-0.25, -0.2) is 0 Å². The first-order valence-electron chi connectivity index (χ1n) is 5.41. The molecule has 1 aromatic carbocycles. The Balaban J connectivity index is 2.55. The molecule has 0 aromatic heterocycles. The lowest BCUT2D eigenvalue weighted by Gasteiger charge is -2.27. The van der Waals surface area contributed by atoms with Crippen LogP contribution in [0.3, 0.4) is 0 Å². The lowest BCUT2D eigenvalue weighted by molar-refractivity contribution is 0.0846. The fraction of sp³-hybridized carbons (Fsp3) is 0.500. The van der Waals surface area contributed by atoms with Crippen LogP contribution in [0.1, 0.15) is 18.6 Å². The molecule has 17 heavy (non-hydrogen) atoms. The van der Waals surface area contributed by atoms with Crippen LogP contribution >= 0.6 is 11.6 Å². The van der Waals surface area contributed by atoms with Gasteiger partial charge in [0.25, 0.3) is 0 Å². The minimum Gasteiger partial charge on any atom is -0.394 e. The summed E-state index contributed by atoms with van der Waals surface area (Å²) in [5.41, 5.74) is -0.0481. The van der Waals surface area contributed by atoms with E-state index in [1.807, 2.05) is 0 Å². The highest BCUT2D eigenvalue weighted by Gasteiger charge is 2.22. The van der Waals surface area contributed by atoms with E-state index in [4.69, 9.17) is 21.8 Å². The quantitative estimate of drug-likeness (QED) is 0.607. The Labute approximate surface area is 106 Å². The largest absolute Gasteiger partial charge is 0.394 e. The zero-order valence-electron chi connectivity index (χ0n) is 9.73. The predicted octanol–water partition coefficient (Wildman–Crippen LogP) is 0.706. The molecule has 96 valence electrons. The molecule has 1 aromatic rings. The van der Waals surface area contributed by atoms with Gasteiger partial charge in [-0.3, -0.25) is 0 Å². The molecule has 1 atom stereocenters. The molecule has 5 heteroatoms. The Morgan fingerprint density at radius 2 is 1.76 bits per heavy atom. The molecule has 0 saturated heterocycles. The Bertz CT molecular complexity index is 338. The van der Waals surface area contributed by atoms with Crippen LogP contribution in [0.25, 0.3) is 0 Å². The van der Waals surface area contributed by atoms with E-state index in [1.54, 1.807) is 31.2 Å². The highest BCUT2D eigenvalue weighted by molar-refractivity contribution is 6.30. The SMILES string of the molecule is CC(CO)(CO)NCC(O)c1ccc(Cl)cc1. The second kappa shape index (κ2) is 6.33. The highest BCUT2D eigenvalue weighted by atomic mass is 35.5. The number of β-amino-alcohol motifs (C(OH)–C–C–N with tert-alkyl or cyclic N) is 1. The Hall–Kier alpha value is -0.650. The fourth-order valence-corrected chi connectivity index (χ4v) is 1.43. The van der Waals surface area contributed by atoms with E-state index >= 15 is 0 Å². The average Bonchev–Trinajstić information content (AvgIpc) is 2.36. The Morgan fingerprint density at radius 3 is 2.24 bits per heavy atom. The summed E-state index contributed by atoms with van der Waals surface area (Å²) in [5, 5.41) is 31.6. The number of aliphatic hydroxyl groups excluding tert-OH is 3. The van der Waals surface area contributed by atoms with Gasteiger partial charge in [-0.2, -0.15) is 0 Å². The summed E-state index contributed by atoms with van der Waals surface area (Å²) < 4.78 is 0. The molecule has 0 saturated carbocycles. The van der Waals surface area contributed by atoms with Gasteiger partial charge in [-0.05, 0) is 24.6 Å². The highest BCUT2D eigenvalue weighted by Crippen LogP contribution is 2.16. The van der Waals surface area contributed by atoms with Crippen LogP contribution in [0.15, 0.2) is 24.3 Å². The van der Waals surface area contributed by atoms with E-state index < -0.39 is 11.6 Å². The number of aliphatic hydroxyl groups is 3. The first-order valence-corrected chi connectivity index (χ1v) is 5.79. The summed E-state index contributed by atoms with van der Waals surface area (Å²) in [6.07, 6.45) is -0.704. The maximum Gasteiger partial charge on any atom is 0.0914 e. The van der Waals surface area contributed by atoms with Crippen molar-refractivity contribution < 1.29 is 15.3 Å². The molecule has 0 aliphatic rings. The van der Waals surface area contributed by atoms with Crippen molar-refractivity contribution in [1.82, 2.24) is 5.32 Å². The standard InChI is InChI=1S/C12H18ClNO3/c1-12(7-15,8-16)14-6-11(17)9-2-4-10(13)5-3-9/h2-5,11,14-17H,6-8H2,1H3. The molecule has 0 radical (unpaired) electrons. The normalized spacial score (nSPS) is 13.7. The lowest BCUT2D eigenvalue weighted by atomic mass is 10.0. The van der Waals surface area contributed by atoms with E-state index in [-0.39, 0.29) is 19.8 Å². The van der Waals surface area contributed by atoms with Crippen LogP contribution in [0.2, 0.25) is 5.02 Å². The Morgan fingerprint density at radius 1 is 1.24 bits per heavy atom. The second-order valence-corrected chi connectivity index (χ2v) is 4.76. The topological polar surface area (TPSA) is 72.7 Å². The molecule has 0 aliphatic heterocycles. The van der Waals surface area contributed by atoms with Gasteiger partial charge in [0.05, 0.1) is 24.9 Å². The first kappa shape index (κ1) is 14.4.